The van der Waals surface area contributed by atoms with Crippen molar-refractivity contribution in [3.8, 4) is 0 Å². The number of hydrogen-bond acceptors (Lipinski definition) is 5. The molecule has 1 amide bonds. The third-order valence-electron chi connectivity index (χ3n) is 2.70. The van der Waals surface area contributed by atoms with E-state index in [4.69, 9.17) is 5.73 Å². The maximum Gasteiger partial charge on any atom is 0.272 e. The van der Waals surface area contributed by atoms with Crippen LogP contribution in [0.4, 0.5) is 0 Å². The highest BCUT2D eigenvalue weighted by Crippen LogP contribution is 2.17. The summed E-state index contributed by atoms with van der Waals surface area (Å²) in [4.78, 5) is 11.6. The van der Waals surface area contributed by atoms with Crippen LogP contribution in [0.5, 0.6) is 0 Å². The average Bonchev–Trinajstić information content (AvgIpc) is 2.74. The van der Waals surface area contributed by atoms with Crippen LogP contribution >= 0.6 is 11.7 Å². The third kappa shape index (κ3) is 2.73. The van der Waals surface area contributed by atoms with Crippen LogP contribution in [0.1, 0.15) is 36.2 Å². The zero-order chi connectivity index (χ0) is 10.7. The number of nitrogens with zero attached hydrogens (tertiary/aromatic N) is 2. The minimum Gasteiger partial charge on any atom is -0.348 e. The van der Waals surface area contributed by atoms with Crippen LogP contribution in [0.2, 0.25) is 0 Å². The fraction of sp³-hybridized carbons (Fsp3) is 0.667. The lowest BCUT2D eigenvalue weighted by Crippen LogP contribution is -2.40. The fourth-order valence-corrected chi connectivity index (χ4v) is 2.20. The van der Waals surface area contributed by atoms with Gasteiger partial charge in [0.05, 0.1) is 17.9 Å². The standard InChI is InChI=1S/C9H14N4OS/c10-6-1-3-7(4-2-6)12-9(14)8-5-11-15-13-8/h5-7H,1-4,10H2,(H,12,14). The van der Waals surface area contributed by atoms with E-state index in [9.17, 15) is 4.79 Å². The van der Waals surface area contributed by atoms with Gasteiger partial charge in [0.1, 0.15) is 0 Å². The lowest BCUT2D eigenvalue weighted by atomic mass is 9.92. The van der Waals surface area contributed by atoms with E-state index in [1.165, 1.54) is 6.20 Å². The van der Waals surface area contributed by atoms with Gasteiger partial charge in [-0.15, -0.1) is 0 Å². The first-order chi connectivity index (χ1) is 7.25. The lowest BCUT2D eigenvalue weighted by molar-refractivity contribution is 0.0921. The van der Waals surface area contributed by atoms with E-state index < -0.39 is 0 Å². The number of carbonyl (C=O) groups is 1. The Morgan fingerprint density at radius 3 is 2.80 bits per heavy atom. The van der Waals surface area contributed by atoms with Gasteiger partial charge in [-0.3, -0.25) is 4.79 Å². The summed E-state index contributed by atoms with van der Waals surface area (Å²) in [7, 11) is 0. The Balaban J connectivity index is 1.85. The van der Waals surface area contributed by atoms with Gasteiger partial charge in [0, 0.05) is 12.1 Å². The molecule has 3 N–H and O–H groups in total. The molecule has 82 valence electrons. The van der Waals surface area contributed by atoms with Gasteiger partial charge in [-0.05, 0) is 25.7 Å². The Hall–Kier alpha value is -1.01. The molecular weight excluding hydrogens is 212 g/mol. The Labute approximate surface area is 92.4 Å². The summed E-state index contributed by atoms with van der Waals surface area (Å²) in [6, 6.07) is 0.554. The van der Waals surface area contributed by atoms with Gasteiger partial charge in [0.15, 0.2) is 5.69 Å². The van der Waals surface area contributed by atoms with Crippen molar-refractivity contribution in [3.63, 3.8) is 0 Å². The molecule has 1 heterocycles. The maximum absolute atomic E-state index is 11.6. The molecule has 0 aromatic carbocycles. The molecule has 0 radical (unpaired) electrons. The first-order valence-electron chi connectivity index (χ1n) is 5.09. The number of nitrogens with one attached hydrogen (secondary N) is 1. The Bertz CT molecular complexity index is 319. The van der Waals surface area contributed by atoms with Crippen LogP contribution in [0.3, 0.4) is 0 Å². The van der Waals surface area contributed by atoms with Crippen LogP contribution in [0, 0.1) is 0 Å². The molecule has 0 unspecified atom stereocenters. The van der Waals surface area contributed by atoms with Crippen molar-refractivity contribution in [3.05, 3.63) is 11.9 Å². The summed E-state index contributed by atoms with van der Waals surface area (Å²) in [6.07, 6.45) is 5.39. The van der Waals surface area contributed by atoms with Gasteiger partial charge in [-0.25, -0.2) is 0 Å². The zero-order valence-corrected chi connectivity index (χ0v) is 9.17. The van der Waals surface area contributed by atoms with E-state index in [1.807, 2.05) is 0 Å². The molecule has 1 saturated carbocycles. The summed E-state index contributed by atoms with van der Waals surface area (Å²) in [6.45, 7) is 0. The molecule has 0 saturated heterocycles. The summed E-state index contributed by atoms with van der Waals surface area (Å²) in [5, 5.41) is 2.95. The first-order valence-corrected chi connectivity index (χ1v) is 5.83. The number of nitrogens with two attached hydrogens (primary N) is 1. The smallest absolute Gasteiger partial charge is 0.272 e. The number of rotatable bonds is 2. The molecule has 0 bridgehead atoms. The van der Waals surface area contributed by atoms with Crippen molar-refractivity contribution < 1.29 is 4.79 Å². The molecule has 1 aliphatic rings. The number of amides is 1. The van der Waals surface area contributed by atoms with E-state index in [0.29, 0.717) is 11.7 Å². The quantitative estimate of drug-likeness (QED) is 0.771. The molecule has 1 aliphatic carbocycles. The SMILES string of the molecule is NC1CCC(NC(=O)c2cnsn2)CC1. The minimum absolute atomic E-state index is 0.121. The van der Waals surface area contributed by atoms with Crippen molar-refractivity contribution in [1.82, 2.24) is 14.1 Å². The predicted molar refractivity (Wildman–Crippen MR) is 57.6 cm³/mol. The highest BCUT2D eigenvalue weighted by molar-refractivity contribution is 6.99. The van der Waals surface area contributed by atoms with E-state index in [-0.39, 0.29) is 11.9 Å². The van der Waals surface area contributed by atoms with Crippen LogP contribution in [0.25, 0.3) is 0 Å². The van der Waals surface area contributed by atoms with Gasteiger partial charge in [-0.1, -0.05) is 0 Å². The maximum atomic E-state index is 11.6. The fourth-order valence-electron chi connectivity index (χ4n) is 1.79. The summed E-state index contributed by atoms with van der Waals surface area (Å²) >= 11 is 1.05. The van der Waals surface area contributed by atoms with E-state index in [1.54, 1.807) is 0 Å². The monoisotopic (exact) mass is 226 g/mol. The normalized spacial score (nSPS) is 26.2. The molecule has 2 rings (SSSR count). The van der Waals surface area contributed by atoms with Gasteiger partial charge in [0.25, 0.3) is 5.91 Å². The average molecular weight is 226 g/mol. The Kier molecular flexibility index (Phi) is 3.27. The molecule has 0 spiro atoms. The number of carbonyl (C=O) groups excluding carboxylic acids is 1. The van der Waals surface area contributed by atoms with Gasteiger partial charge >= 0.3 is 0 Å². The second-order valence-electron chi connectivity index (χ2n) is 3.88. The van der Waals surface area contributed by atoms with E-state index >= 15 is 0 Å². The second-order valence-corrected chi connectivity index (χ2v) is 4.43. The molecule has 1 fully saturated rings. The van der Waals surface area contributed by atoms with Gasteiger partial charge in [-0.2, -0.15) is 8.75 Å². The van der Waals surface area contributed by atoms with Crippen LogP contribution in [-0.4, -0.2) is 26.7 Å². The van der Waals surface area contributed by atoms with Crippen molar-refractivity contribution in [1.29, 1.82) is 0 Å². The molecule has 5 nitrogen and oxygen atoms in total. The van der Waals surface area contributed by atoms with Gasteiger partial charge < -0.3 is 11.1 Å². The second kappa shape index (κ2) is 4.67. The Morgan fingerprint density at radius 1 is 1.47 bits per heavy atom. The van der Waals surface area contributed by atoms with Crippen LogP contribution < -0.4 is 11.1 Å². The summed E-state index contributed by atoms with van der Waals surface area (Å²) in [5.41, 5.74) is 6.20. The summed E-state index contributed by atoms with van der Waals surface area (Å²) in [5.74, 6) is -0.121. The van der Waals surface area contributed by atoms with Gasteiger partial charge in [0.2, 0.25) is 0 Å². The first kappa shape index (κ1) is 10.5. The highest BCUT2D eigenvalue weighted by atomic mass is 32.1. The molecular formula is C9H14N4OS. The minimum atomic E-state index is -0.121. The molecule has 1 aromatic heterocycles. The predicted octanol–water partition coefficient (Wildman–Crippen LogP) is 0.538. The van der Waals surface area contributed by atoms with Crippen molar-refractivity contribution >= 4 is 17.6 Å². The largest absolute Gasteiger partial charge is 0.348 e. The van der Waals surface area contributed by atoms with Crippen LogP contribution in [-0.2, 0) is 0 Å². The molecule has 0 aliphatic heterocycles. The van der Waals surface area contributed by atoms with E-state index in [0.717, 1.165) is 37.4 Å². The topological polar surface area (TPSA) is 80.9 Å². The lowest BCUT2D eigenvalue weighted by Gasteiger charge is -2.26. The molecule has 0 atom stereocenters. The molecule has 6 heteroatoms. The third-order valence-corrected chi connectivity index (χ3v) is 3.18. The van der Waals surface area contributed by atoms with Crippen LogP contribution in [0.15, 0.2) is 6.20 Å². The number of hydrogen-bond donors (Lipinski definition) is 2. The number of aromatic nitrogens is 2. The Morgan fingerprint density at radius 2 is 2.20 bits per heavy atom. The zero-order valence-electron chi connectivity index (χ0n) is 8.35. The molecule has 15 heavy (non-hydrogen) atoms. The molecule has 1 aromatic rings. The van der Waals surface area contributed by atoms with Crippen molar-refractivity contribution in [2.45, 2.75) is 37.8 Å². The van der Waals surface area contributed by atoms with E-state index in [2.05, 4.69) is 14.1 Å². The highest BCUT2D eigenvalue weighted by Gasteiger charge is 2.21. The van der Waals surface area contributed by atoms with Crippen molar-refractivity contribution in [2.75, 3.05) is 0 Å². The summed E-state index contributed by atoms with van der Waals surface area (Å²) < 4.78 is 7.69. The van der Waals surface area contributed by atoms with Crippen molar-refractivity contribution in [2.24, 2.45) is 5.73 Å².